The zero-order chi connectivity index (χ0) is 22.7. The fraction of sp³-hybridized carbons (Fsp3) is 0.182. The maximum atomic E-state index is 12.8. The SMILES string of the molecule is O=C1C[C@H](C(=O)NCCc2ccccc2)c2c(nc(Nc3cc(Cl)cc(Cl)c3)[nH]c2=O)N1. The highest BCUT2D eigenvalue weighted by molar-refractivity contribution is 6.35. The fourth-order valence-electron chi connectivity index (χ4n) is 3.52. The number of hydrogen-bond donors (Lipinski definition) is 4. The van der Waals surface area contributed by atoms with Crippen LogP contribution in [0.5, 0.6) is 0 Å². The lowest BCUT2D eigenvalue weighted by atomic mass is 9.92. The van der Waals surface area contributed by atoms with Crippen LogP contribution in [0, 0.1) is 0 Å². The summed E-state index contributed by atoms with van der Waals surface area (Å²) in [7, 11) is 0. The predicted molar refractivity (Wildman–Crippen MR) is 124 cm³/mol. The summed E-state index contributed by atoms with van der Waals surface area (Å²) in [5.41, 5.74) is 1.18. The van der Waals surface area contributed by atoms with Gasteiger partial charge in [-0.25, -0.2) is 0 Å². The number of carbonyl (C=O) groups is 2. The normalized spacial score (nSPS) is 14.9. The third kappa shape index (κ3) is 5.09. The minimum absolute atomic E-state index is 0.0452. The van der Waals surface area contributed by atoms with Gasteiger partial charge in [0.05, 0.1) is 11.5 Å². The molecule has 0 radical (unpaired) electrons. The van der Waals surface area contributed by atoms with E-state index >= 15 is 0 Å². The van der Waals surface area contributed by atoms with E-state index in [1.807, 2.05) is 30.3 Å². The number of nitrogens with zero attached hydrogens (tertiary/aromatic N) is 1. The van der Waals surface area contributed by atoms with Gasteiger partial charge in [-0.2, -0.15) is 4.98 Å². The van der Waals surface area contributed by atoms with Crippen LogP contribution in [0.4, 0.5) is 17.5 Å². The highest BCUT2D eigenvalue weighted by atomic mass is 35.5. The predicted octanol–water partition coefficient (Wildman–Crippen LogP) is 3.61. The molecule has 4 N–H and O–H groups in total. The second-order valence-corrected chi connectivity index (χ2v) is 8.16. The molecule has 4 rings (SSSR count). The summed E-state index contributed by atoms with van der Waals surface area (Å²) in [6, 6.07) is 14.5. The van der Waals surface area contributed by atoms with Crippen molar-refractivity contribution in [1.82, 2.24) is 15.3 Å². The molecule has 1 atom stereocenters. The first-order chi connectivity index (χ1) is 15.4. The number of H-pyrrole nitrogens is 1. The number of nitrogens with one attached hydrogen (secondary N) is 4. The Balaban J connectivity index is 1.53. The zero-order valence-electron chi connectivity index (χ0n) is 16.7. The summed E-state index contributed by atoms with van der Waals surface area (Å²) in [4.78, 5) is 44.7. The Morgan fingerprint density at radius 2 is 1.81 bits per heavy atom. The van der Waals surface area contributed by atoms with Crippen molar-refractivity contribution in [2.45, 2.75) is 18.8 Å². The quantitative estimate of drug-likeness (QED) is 0.438. The third-order valence-corrected chi connectivity index (χ3v) is 5.39. The van der Waals surface area contributed by atoms with Crippen LogP contribution in [0.3, 0.4) is 0 Å². The van der Waals surface area contributed by atoms with Gasteiger partial charge in [0.1, 0.15) is 5.82 Å². The molecular formula is C22H19Cl2N5O3. The van der Waals surface area contributed by atoms with E-state index in [0.29, 0.717) is 28.7 Å². The number of halogens is 2. The van der Waals surface area contributed by atoms with Crippen molar-refractivity contribution in [2.75, 3.05) is 17.2 Å². The summed E-state index contributed by atoms with van der Waals surface area (Å²) in [5.74, 6) is -1.59. The van der Waals surface area contributed by atoms with Gasteiger partial charge in [0.25, 0.3) is 5.56 Å². The average Bonchev–Trinajstić information content (AvgIpc) is 2.72. The molecule has 10 heteroatoms. The minimum Gasteiger partial charge on any atom is -0.355 e. The third-order valence-electron chi connectivity index (χ3n) is 4.95. The van der Waals surface area contributed by atoms with Crippen LogP contribution in [0.2, 0.25) is 10.0 Å². The van der Waals surface area contributed by atoms with E-state index in [9.17, 15) is 14.4 Å². The smallest absolute Gasteiger partial charge is 0.258 e. The van der Waals surface area contributed by atoms with Crippen molar-refractivity contribution in [2.24, 2.45) is 0 Å². The van der Waals surface area contributed by atoms with E-state index < -0.39 is 23.3 Å². The van der Waals surface area contributed by atoms with Crippen LogP contribution in [0.1, 0.15) is 23.5 Å². The number of hydrogen-bond acceptors (Lipinski definition) is 5. The molecule has 0 saturated heterocycles. The minimum atomic E-state index is -0.930. The van der Waals surface area contributed by atoms with Crippen molar-refractivity contribution >= 4 is 52.5 Å². The molecule has 2 aromatic carbocycles. The molecule has 0 aliphatic carbocycles. The first-order valence-corrected chi connectivity index (χ1v) is 10.6. The van der Waals surface area contributed by atoms with Crippen LogP contribution >= 0.6 is 23.2 Å². The molecule has 8 nitrogen and oxygen atoms in total. The van der Waals surface area contributed by atoms with Gasteiger partial charge in [0.15, 0.2) is 0 Å². The van der Waals surface area contributed by atoms with Crippen molar-refractivity contribution in [3.8, 4) is 0 Å². The van der Waals surface area contributed by atoms with Gasteiger partial charge in [-0.15, -0.1) is 0 Å². The maximum Gasteiger partial charge on any atom is 0.258 e. The topological polar surface area (TPSA) is 116 Å². The van der Waals surface area contributed by atoms with Gasteiger partial charge in [0, 0.05) is 28.7 Å². The molecule has 1 aliphatic rings. The monoisotopic (exact) mass is 471 g/mol. The number of aromatic amines is 1. The molecule has 2 heterocycles. The molecule has 2 amide bonds. The fourth-order valence-corrected chi connectivity index (χ4v) is 4.04. The molecule has 3 aromatic rings. The Labute approximate surface area is 193 Å². The molecule has 164 valence electrons. The van der Waals surface area contributed by atoms with Gasteiger partial charge < -0.3 is 16.0 Å². The molecule has 0 spiro atoms. The van der Waals surface area contributed by atoms with E-state index in [1.54, 1.807) is 18.2 Å². The van der Waals surface area contributed by atoms with Crippen molar-refractivity contribution in [1.29, 1.82) is 0 Å². The lowest BCUT2D eigenvalue weighted by Gasteiger charge is -2.23. The Bertz CT molecular complexity index is 1210. The molecule has 0 bridgehead atoms. The van der Waals surface area contributed by atoms with Gasteiger partial charge in [-0.3, -0.25) is 19.4 Å². The zero-order valence-corrected chi connectivity index (χ0v) is 18.3. The highest BCUT2D eigenvalue weighted by Gasteiger charge is 2.34. The summed E-state index contributed by atoms with van der Waals surface area (Å²) < 4.78 is 0. The largest absolute Gasteiger partial charge is 0.355 e. The summed E-state index contributed by atoms with van der Waals surface area (Å²) in [5, 5.41) is 9.09. The maximum absolute atomic E-state index is 12.8. The van der Waals surface area contributed by atoms with E-state index in [-0.39, 0.29) is 23.8 Å². The number of amides is 2. The van der Waals surface area contributed by atoms with E-state index in [4.69, 9.17) is 23.2 Å². The van der Waals surface area contributed by atoms with Crippen LogP contribution in [0.25, 0.3) is 0 Å². The first-order valence-electron chi connectivity index (χ1n) is 9.88. The van der Waals surface area contributed by atoms with Gasteiger partial charge in [-0.1, -0.05) is 53.5 Å². The number of fused-ring (bicyclic) bond motifs is 1. The van der Waals surface area contributed by atoms with Crippen LogP contribution in [0.15, 0.2) is 53.3 Å². The number of benzene rings is 2. The summed E-state index contributed by atoms with van der Waals surface area (Å²) in [6.07, 6.45) is 0.504. The van der Waals surface area contributed by atoms with E-state index in [2.05, 4.69) is 25.9 Å². The number of anilines is 3. The number of carbonyl (C=O) groups excluding carboxylic acids is 2. The molecule has 1 aromatic heterocycles. The lowest BCUT2D eigenvalue weighted by Crippen LogP contribution is -2.39. The molecule has 32 heavy (non-hydrogen) atoms. The molecular weight excluding hydrogens is 453 g/mol. The lowest BCUT2D eigenvalue weighted by molar-refractivity contribution is -0.126. The molecule has 1 aliphatic heterocycles. The number of aromatic nitrogens is 2. The first kappa shape index (κ1) is 21.9. The van der Waals surface area contributed by atoms with Gasteiger partial charge in [0.2, 0.25) is 17.8 Å². The van der Waals surface area contributed by atoms with E-state index in [0.717, 1.165) is 5.56 Å². The van der Waals surface area contributed by atoms with Crippen LogP contribution < -0.4 is 21.5 Å². The second kappa shape index (κ2) is 9.42. The van der Waals surface area contributed by atoms with Crippen molar-refractivity contribution in [3.63, 3.8) is 0 Å². The Morgan fingerprint density at radius 1 is 1.09 bits per heavy atom. The Morgan fingerprint density at radius 3 is 2.53 bits per heavy atom. The summed E-state index contributed by atoms with van der Waals surface area (Å²) >= 11 is 12.0. The molecule has 0 unspecified atom stereocenters. The van der Waals surface area contributed by atoms with Crippen molar-refractivity contribution in [3.05, 3.63) is 80.1 Å². The Kier molecular flexibility index (Phi) is 6.43. The van der Waals surface area contributed by atoms with Gasteiger partial charge in [-0.05, 0) is 30.2 Å². The summed E-state index contributed by atoms with van der Waals surface area (Å²) in [6.45, 7) is 0.386. The number of rotatable bonds is 6. The van der Waals surface area contributed by atoms with E-state index in [1.165, 1.54) is 0 Å². The van der Waals surface area contributed by atoms with Gasteiger partial charge >= 0.3 is 0 Å². The highest BCUT2D eigenvalue weighted by Crippen LogP contribution is 2.30. The van der Waals surface area contributed by atoms with Crippen LogP contribution in [-0.2, 0) is 16.0 Å². The standard InChI is InChI=1S/C22H19Cl2N5O3/c23-13-8-14(24)10-15(9-13)26-22-28-19-18(21(32)29-22)16(11-17(30)27-19)20(31)25-7-6-12-4-2-1-3-5-12/h1-5,8-10,16H,6-7,11H2,(H,25,31)(H3,26,27,28,29,30,32)/t16-/m0/s1. The molecule has 0 fully saturated rings. The average molecular weight is 472 g/mol. The second-order valence-electron chi connectivity index (χ2n) is 7.29. The molecule has 0 saturated carbocycles. The van der Waals surface area contributed by atoms with Crippen molar-refractivity contribution < 1.29 is 9.59 Å². The Hall–Kier alpha value is -3.36. The van der Waals surface area contributed by atoms with Crippen LogP contribution in [-0.4, -0.2) is 28.3 Å².